The van der Waals surface area contributed by atoms with Gasteiger partial charge >= 0.3 is 0 Å². The van der Waals surface area contributed by atoms with E-state index in [1.807, 2.05) is 36.4 Å². The molecule has 96 valence electrons. The first-order valence-electron chi connectivity index (χ1n) is 5.67. The predicted octanol–water partition coefficient (Wildman–Crippen LogP) is 2.35. The van der Waals surface area contributed by atoms with E-state index < -0.39 is 0 Å². The van der Waals surface area contributed by atoms with Crippen LogP contribution >= 0.6 is 11.8 Å². The lowest BCUT2D eigenvalue weighted by Crippen LogP contribution is -2.23. The number of amides is 2. The fourth-order valence-electron chi connectivity index (χ4n) is 1.44. The molecular weight excluding hydrogens is 260 g/mol. The van der Waals surface area contributed by atoms with Crippen LogP contribution in [0, 0.1) is 0 Å². The van der Waals surface area contributed by atoms with Crippen LogP contribution in [0.4, 0.5) is 0 Å². The van der Waals surface area contributed by atoms with Crippen molar-refractivity contribution < 1.29 is 9.59 Å². The third-order valence-corrected chi connectivity index (χ3v) is 3.16. The van der Waals surface area contributed by atoms with Crippen LogP contribution in [-0.2, 0) is 9.59 Å². The van der Waals surface area contributed by atoms with Gasteiger partial charge in [0, 0.05) is 6.92 Å². The number of thioether (sulfide) groups is 1. The van der Waals surface area contributed by atoms with Crippen LogP contribution in [0.15, 0.2) is 52.4 Å². The Morgan fingerprint density at radius 3 is 2.74 bits per heavy atom. The molecule has 0 radical (unpaired) electrons. The van der Waals surface area contributed by atoms with Crippen molar-refractivity contribution in [2.75, 3.05) is 0 Å². The Bertz CT molecular complexity index is 589. The van der Waals surface area contributed by atoms with Crippen LogP contribution in [0.1, 0.15) is 12.5 Å². The number of aliphatic imine (C=N–C) groups is 1. The minimum absolute atomic E-state index is 0.236. The summed E-state index contributed by atoms with van der Waals surface area (Å²) in [5.41, 5.74) is 1.05. The zero-order valence-corrected chi connectivity index (χ0v) is 11.1. The number of carbonyl (C=O) groups excluding carboxylic acids is 2. The molecule has 0 spiro atoms. The van der Waals surface area contributed by atoms with Gasteiger partial charge in [-0.15, -0.1) is 0 Å². The summed E-state index contributed by atoms with van der Waals surface area (Å²) in [6, 6.07) is 9.77. The first kappa shape index (κ1) is 13.3. The van der Waals surface area contributed by atoms with Gasteiger partial charge in [-0.25, -0.2) is 0 Å². The van der Waals surface area contributed by atoms with E-state index >= 15 is 0 Å². The lowest BCUT2D eigenvalue weighted by atomic mass is 10.2. The quantitative estimate of drug-likeness (QED) is 0.841. The number of allylic oxidation sites excluding steroid dienone is 2. The van der Waals surface area contributed by atoms with E-state index in [2.05, 4.69) is 10.3 Å². The van der Waals surface area contributed by atoms with Crippen LogP contribution < -0.4 is 5.32 Å². The van der Waals surface area contributed by atoms with E-state index in [9.17, 15) is 9.59 Å². The number of benzene rings is 1. The van der Waals surface area contributed by atoms with Crippen molar-refractivity contribution in [2.45, 2.75) is 6.92 Å². The minimum Gasteiger partial charge on any atom is -0.305 e. The van der Waals surface area contributed by atoms with E-state index in [-0.39, 0.29) is 11.8 Å². The van der Waals surface area contributed by atoms with Crippen molar-refractivity contribution >= 4 is 34.8 Å². The van der Waals surface area contributed by atoms with Gasteiger partial charge in [-0.3, -0.25) is 9.59 Å². The molecule has 5 heteroatoms. The molecule has 19 heavy (non-hydrogen) atoms. The highest BCUT2D eigenvalue weighted by Gasteiger charge is 2.21. The molecule has 0 saturated heterocycles. The predicted molar refractivity (Wildman–Crippen MR) is 77.4 cm³/mol. The first-order chi connectivity index (χ1) is 9.15. The molecule has 0 aromatic heterocycles. The first-order valence-corrected chi connectivity index (χ1v) is 6.48. The molecule has 1 heterocycles. The van der Waals surface area contributed by atoms with Gasteiger partial charge in [-0.1, -0.05) is 42.5 Å². The van der Waals surface area contributed by atoms with E-state index in [4.69, 9.17) is 0 Å². The molecule has 4 nitrogen and oxygen atoms in total. The molecule has 0 fully saturated rings. The molecule has 2 amide bonds. The van der Waals surface area contributed by atoms with Gasteiger partial charge in [0.15, 0.2) is 5.17 Å². The van der Waals surface area contributed by atoms with Gasteiger partial charge in [0.1, 0.15) is 0 Å². The maximum absolute atomic E-state index is 11.5. The van der Waals surface area contributed by atoms with E-state index in [1.165, 1.54) is 6.92 Å². The largest absolute Gasteiger partial charge is 0.305 e. The highest BCUT2D eigenvalue weighted by atomic mass is 32.2. The Labute approximate surface area is 115 Å². The van der Waals surface area contributed by atoms with Crippen molar-refractivity contribution in [3.05, 3.63) is 53.0 Å². The molecule has 1 aromatic rings. The second-order valence-electron chi connectivity index (χ2n) is 3.81. The number of nitrogens with zero attached hydrogens (tertiary/aromatic N) is 1. The molecule has 0 aliphatic carbocycles. The second-order valence-corrected chi connectivity index (χ2v) is 4.84. The lowest BCUT2D eigenvalue weighted by molar-refractivity contribution is -0.117. The zero-order chi connectivity index (χ0) is 13.7. The number of amidine groups is 1. The highest BCUT2D eigenvalue weighted by molar-refractivity contribution is 8.18. The average molecular weight is 272 g/mol. The topological polar surface area (TPSA) is 58.5 Å². The fraction of sp³-hybridized carbons (Fsp3) is 0.0714. The van der Waals surface area contributed by atoms with Crippen molar-refractivity contribution in [3.63, 3.8) is 0 Å². The smallest absolute Gasteiger partial charge is 0.286 e. The Balaban J connectivity index is 2.01. The van der Waals surface area contributed by atoms with Gasteiger partial charge in [0.05, 0.1) is 4.91 Å². The Kier molecular flexibility index (Phi) is 4.30. The summed E-state index contributed by atoms with van der Waals surface area (Å²) in [7, 11) is 0. The molecule has 0 atom stereocenters. The standard InChI is InChI=1S/C14H12N2O2S/c1-10(17)15-14-16-13(18)12(19-14)9-5-8-11-6-3-2-4-7-11/h2-9H,1H3,(H,15,16,17,18)/b8-5?,12-9+. The van der Waals surface area contributed by atoms with Gasteiger partial charge in [-0.2, -0.15) is 4.99 Å². The van der Waals surface area contributed by atoms with Crippen molar-refractivity contribution in [1.82, 2.24) is 5.32 Å². The molecular formula is C14H12N2O2S. The Hall–Kier alpha value is -2.14. The van der Waals surface area contributed by atoms with Crippen LogP contribution in [0.25, 0.3) is 6.08 Å². The Morgan fingerprint density at radius 2 is 2.05 bits per heavy atom. The molecule has 1 N–H and O–H groups in total. The highest BCUT2D eigenvalue weighted by Crippen LogP contribution is 2.25. The number of hydrogen-bond acceptors (Lipinski definition) is 3. The van der Waals surface area contributed by atoms with Crippen LogP contribution in [0.5, 0.6) is 0 Å². The SMILES string of the molecule is CC(=O)NC1=NC(=O)/C(=C\C=Cc2ccccc2)S1. The fourth-order valence-corrected chi connectivity index (χ4v) is 2.25. The van der Waals surface area contributed by atoms with Crippen LogP contribution in [0.2, 0.25) is 0 Å². The summed E-state index contributed by atoms with van der Waals surface area (Å²) in [5, 5.41) is 2.83. The maximum atomic E-state index is 11.5. The minimum atomic E-state index is -0.327. The molecule has 1 aliphatic rings. The number of nitrogens with one attached hydrogen (secondary N) is 1. The van der Waals surface area contributed by atoms with Crippen molar-refractivity contribution in [3.8, 4) is 0 Å². The molecule has 1 aliphatic heterocycles. The normalized spacial score (nSPS) is 17.0. The van der Waals surface area contributed by atoms with E-state index in [0.29, 0.717) is 10.1 Å². The molecule has 0 bridgehead atoms. The zero-order valence-electron chi connectivity index (χ0n) is 10.3. The summed E-state index contributed by atoms with van der Waals surface area (Å²) in [4.78, 5) is 26.6. The number of hydrogen-bond donors (Lipinski definition) is 1. The molecule has 2 rings (SSSR count). The van der Waals surface area contributed by atoms with Crippen LogP contribution in [0.3, 0.4) is 0 Å². The number of rotatable bonds is 2. The third-order valence-electron chi connectivity index (χ3n) is 2.24. The third kappa shape index (κ3) is 3.93. The monoisotopic (exact) mass is 272 g/mol. The van der Waals surface area contributed by atoms with Crippen molar-refractivity contribution in [1.29, 1.82) is 0 Å². The summed E-state index contributed by atoms with van der Waals surface area (Å²) in [6.45, 7) is 1.38. The van der Waals surface area contributed by atoms with E-state index in [1.54, 1.807) is 12.2 Å². The summed E-state index contributed by atoms with van der Waals surface area (Å²) in [6.07, 6.45) is 5.39. The maximum Gasteiger partial charge on any atom is 0.286 e. The average Bonchev–Trinajstić information content (AvgIpc) is 2.70. The van der Waals surface area contributed by atoms with Gasteiger partial charge < -0.3 is 5.32 Å². The second kappa shape index (κ2) is 6.15. The molecule has 0 saturated carbocycles. The Morgan fingerprint density at radius 1 is 1.32 bits per heavy atom. The number of carbonyl (C=O) groups is 2. The lowest BCUT2D eigenvalue weighted by Gasteiger charge is -1.96. The van der Waals surface area contributed by atoms with E-state index in [0.717, 1.165) is 17.3 Å². The molecule has 1 aromatic carbocycles. The summed E-state index contributed by atoms with van der Waals surface area (Å²) < 4.78 is 0. The summed E-state index contributed by atoms with van der Waals surface area (Å²) >= 11 is 1.16. The van der Waals surface area contributed by atoms with Gasteiger partial charge in [0.2, 0.25) is 5.91 Å². The van der Waals surface area contributed by atoms with Gasteiger partial charge in [0.25, 0.3) is 5.91 Å². The summed E-state index contributed by atoms with van der Waals surface area (Å²) in [5.74, 6) is -0.563. The van der Waals surface area contributed by atoms with Crippen molar-refractivity contribution in [2.24, 2.45) is 4.99 Å². The molecule has 0 unspecified atom stereocenters. The van der Waals surface area contributed by atoms with Gasteiger partial charge in [-0.05, 0) is 23.4 Å². The van der Waals surface area contributed by atoms with Crippen LogP contribution in [-0.4, -0.2) is 17.0 Å².